The molecule has 0 aromatic heterocycles. The highest BCUT2D eigenvalue weighted by Crippen LogP contribution is 2.24. The minimum absolute atomic E-state index is 0.0770. The molecular weight excluding hydrogens is 270 g/mol. The van der Waals surface area contributed by atoms with Crippen molar-refractivity contribution in [1.82, 2.24) is 4.90 Å². The summed E-state index contributed by atoms with van der Waals surface area (Å²) in [5.74, 6) is -0.0770. The van der Waals surface area contributed by atoms with Crippen molar-refractivity contribution in [2.75, 3.05) is 26.0 Å². The van der Waals surface area contributed by atoms with Gasteiger partial charge < -0.3 is 10.0 Å². The lowest BCUT2D eigenvalue weighted by molar-refractivity contribution is 0.0754. The lowest BCUT2D eigenvalue weighted by Crippen LogP contribution is -2.32. The van der Waals surface area contributed by atoms with Gasteiger partial charge in [-0.3, -0.25) is 4.79 Å². The van der Waals surface area contributed by atoms with Gasteiger partial charge in [0.1, 0.15) is 0 Å². The van der Waals surface area contributed by atoms with Gasteiger partial charge in [0, 0.05) is 24.6 Å². The van der Waals surface area contributed by atoms with Crippen molar-refractivity contribution in [3.05, 3.63) is 28.8 Å². The number of carbonyl (C=O) groups is 1. The van der Waals surface area contributed by atoms with Crippen LogP contribution in [0.15, 0.2) is 23.1 Å². The Bertz CT molecular complexity index is 412. The maximum atomic E-state index is 12.3. The SMILES string of the molecule is CCN(CCCO)C(=O)c1cc(SC)ccc1Cl. The van der Waals surface area contributed by atoms with Crippen LogP contribution in [0, 0.1) is 0 Å². The van der Waals surface area contributed by atoms with Gasteiger partial charge >= 0.3 is 0 Å². The molecule has 0 saturated heterocycles. The molecule has 18 heavy (non-hydrogen) atoms. The molecule has 0 saturated carbocycles. The van der Waals surface area contributed by atoms with Crippen molar-refractivity contribution in [3.63, 3.8) is 0 Å². The van der Waals surface area contributed by atoms with Crippen LogP contribution in [0.1, 0.15) is 23.7 Å². The zero-order valence-electron chi connectivity index (χ0n) is 10.6. The molecule has 0 fully saturated rings. The fourth-order valence-electron chi connectivity index (χ4n) is 1.63. The first-order valence-corrected chi connectivity index (χ1v) is 7.48. The molecule has 0 atom stereocenters. The summed E-state index contributed by atoms with van der Waals surface area (Å²) >= 11 is 7.65. The summed E-state index contributed by atoms with van der Waals surface area (Å²) in [5, 5.41) is 9.30. The molecule has 3 nitrogen and oxygen atoms in total. The Labute approximate surface area is 117 Å². The van der Waals surface area contributed by atoms with Gasteiger partial charge in [-0.05, 0) is 37.8 Å². The molecular formula is C13H18ClNO2S. The van der Waals surface area contributed by atoms with E-state index in [0.29, 0.717) is 30.1 Å². The molecule has 1 aromatic carbocycles. The number of amides is 1. The highest BCUT2D eigenvalue weighted by atomic mass is 35.5. The third-order valence-electron chi connectivity index (χ3n) is 2.66. The number of nitrogens with zero attached hydrogens (tertiary/aromatic N) is 1. The molecule has 0 aliphatic heterocycles. The van der Waals surface area contributed by atoms with E-state index in [4.69, 9.17) is 16.7 Å². The van der Waals surface area contributed by atoms with E-state index in [9.17, 15) is 4.79 Å². The first kappa shape index (κ1) is 15.3. The van der Waals surface area contributed by atoms with Gasteiger partial charge in [0.15, 0.2) is 0 Å². The number of rotatable bonds is 6. The zero-order chi connectivity index (χ0) is 13.5. The largest absolute Gasteiger partial charge is 0.396 e. The first-order valence-electron chi connectivity index (χ1n) is 5.87. The van der Waals surface area contributed by atoms with E-state index < -0.39 is 0 Å². The lowest BCUT2D eigenvalue weighted by atomic mass is 10.2. The van der Waals surface area contributed by atoms with Gasteiger partial charge in [-0.25, -0.2) is 0 Å². The maximum Gasteiger partial charge on any atom is 0.255 e. The molecule has 0 bridgehead atoms. The molecule has 0 radical (unpaired) electrons. The fraction of sp³-hybridized carbons (Fsp3) is 0.462. The van der Waals surface area contributed by atoms with Crippen molar-refractivity contribution < 1.29 is 9.90 Å². The fourth-order valence-corrected chi connectivity index (χ4v) is 2.27. The summed E-state index contributed by atoms with van der Waals surface area (Å²) in [6.07, 6.45) is 2.54. The monoisotopic (exact) mass is 287 g/mol. The number of aliphatic hydroxyl groups excluding tert-OH is 1. The summed E-state index contributed by atoms with van der Waals surface area (Å²) in [4.78, 5) is 15.0. The van der Waals surface area contributed by atoms with Gasteiger partial charge in [-0.2, -0.15) is 0 Å². The van der Waals surface area contributed by atoms with E-state index in [2.05, 4.69) is 0 Å². The number of benzene rings is 1. The quantitative estimate of drug-likeness (QED) is 0.818. The van der Waals surface area contributed by atoms with Crippen molar-refractivity contribution in [2.45, 2.75) is 18.2 Å². The van der Waals surface area contributed by atoms with Crippen LogP contribution in [-0.4, -0.2) is 41.9 Å². The molecule has 0 aliphatic rings. The minimum atomic E-state index is -0.0770. The third kappa shape index (κ3) is 3.90. The highest BCUT2D eigenvalue weighted by molar-refractivity contribution is 7.98. The number of hydrogen-bond acceptors (Lipinski definition) is 3. The third-order valence-corrected chi connectivity index (χ3v) is 3.71. The van der Waals surface area contributed by atoms with Crippen molar-refractivity contribution in [2.24, 2.45) is 0 Å². The average molecular weight is 288 g/mol. The van der Waals surface area contributed by atoms with Crippen molar-refractivity contribution >= 4 is 29.3 Å². The van der Waals surface area contributed by atoms with Gasteiger partial charge in [-0.15, -0.1) is 11.8 Å². The van der Waals surface area contributed by atoms with Crippen LogP contribution >= 0.6 is 23.4 Å². The number of carbonyl (C=O) groups excluding carboxylic acids is 1. The first-order chi connectivity index (χ1) is 8.63. The Morgan fingerprint density at radius 3 is 2.78 bits per heavy atom. The number of halogens is 1. The smallest absolute Gasteiger partial charge is 0.255 e. The average Bonchev–Trinajstić information content (AvgIpc) is 2.40. The van der Waals surface area contributed by atoms with Crippen LogP contribution in [0.3, 0.4) is 0 Å². The second-order valence-corrected chi connectivity index (χ2v) is 5.09. The summed E-state index contributed by atoms with van der Waals surface area (Å²) < 4.78 is 0. The summed E-state index contributed by atoms with van der Waals surface area (Å²) in [7, 11) is 0. The zero-order valence-corrected chi connectivity index (χ0v) is 12.2. The van der Waals surface area contributed by atoms with E-state index in [1.54, 1.807) is 22.7 Å². The molecule has 0 spiro atoms. The second kappa shape index (κ2) is 7.67. The van der Waals surface area contributed by atoms with Crippen LogP contribution in [0.25, 0.3) is 0 Å². The number of hydrogen-bond donors (Lipinski definition) is 1. The predicted molar refractivity (Wildman–Crippen MR) is 76.5 cm³/mol. The van der Waals surface area contributed by atoms with E-state index in [1.807, 2.05) is 25.3 Å². The van der Waals surface area contributed by atoms with E-state index >= 15 is 0 Å². The molecule has 0 aliphatic carbocycles. The second-order valence-electron chi connectivity index (χ2n) is 3.81. The molecule has 0 unspecified atom stereocenters. The van der Waals surface area contributed by atoms with Crippen molar-refractivity contribution in [1.29, 1.82) is 0 Å². The molecule has 5 heteroatoms. The van der Waals surface area contributed by atoms with Crippen molar-refractivity contribution in [3.8, 4) is 0 Å². The van der Waals surface area contributed by atoms with Crippen LogP contribution in [0.4, 0.5) is 0 Å². The normalized spacial score (nSPS) is 10.4. The van der Waals surface area contributed by atoms with Crippen LogP contribution < -0.4 is 0 Å². The number of thioether (sulfide) groups is 1. The minimum Gasteiger partial charge on any atom is -0.396 e. The van der Waals surface area contributed by atoms with Gasteiger partial charge in [-0.1, -0.05) is 11.6 Å². The Hall–Kier alpha value is -0.710. The molecule has 1 amide bonds. The maximum absolute atomic E-state index is 12.3. The summed E-state index contributed by atoms with van der Waals surface area (Å²) in [6.45, 7) is 3.16. The lowest BCUT2D eigenvalue weighted by Gasteiger charge is -2.21. The van der Waals surface area contributed by atoms with Crippen LogP contribution in [-0.2, 0) is 0 Å². The molecule has 1 N–H and O–H groups in total. The molecule has 1 aromatic rings. The topological polar surface area (TPSA) is 40.5 Å². The Balaban J connectivity index is 2.93. The van der Waals surface area contributed by atoms with E-state index in [-0.39, 0.29) is 12.5 Å². The predicted octanol–water partition coefficient (Wildman–Crippen LogP) is 2.91. The standard InChI is InChI=1S/C13H18ClNO2S/c1-3-15(7-4-8-16)13(17)11-9-10(18-2)5-6-12(11)14/h5-6,9,16H,3-4,7-8H2,1-2H3. The Morgan fingerprint density at radius 1 is 1.50 bits per heavy atom. The van der Waals surface area contributed by atoms with Gasteiger partial charge in [0.05, 0.1) is 10.6 Å². The highest BCUT2D eigenvalue weighted by Gasteiger charge is 2.17. The van der Waals surface area contributed by atoms with Crippen LogP contribution in [0.2, 0.25) is 5.02 Å². The summed E-state index contributed by atoms with van der Waals surface area (Å²) in [6, 6.07) is 5.46. The van der Waals surface area contributed by atoms with Gasteiger partial charge in [0.25, 0.3) is 5.91 Å². The molecule has 100 valence electrons. The van der Waals surface area contributed by atoms with Crippen LogP contribution in [0.5, 0.6) is 0 Å². The Morgan fingerprint density at radius 2 is 2.22 bits per heavy atom. The van der Waals surface area contributed by atoms with Gasteiger partial charge in [0.2, 0.25) is 0 Å². The number of aliphatic hydroxyl groups is 1. The molecule has 1 rings (SSSR count). The Kier molecular flexibility index (Phi) is 6.54. The van der Waals surface area contributed by atoms with E-state index in [1.165, 1.54) is 0 Å². The van der Waals surface area contributed by atoms with E-state index in [0.717, 1.165) is 4.90 Å². The summed E-state index contributed by atoms with van der Waals surface area (Å²) in [5.41, 5.74) is 0.531. The molecule has 0 heterocycles.